The third-order valence-corrected chi connectivity index (χ3v) is 4.45. The smallest absolute Gasteiger partial charge is 0.262 e. The highest BCUT2D eigenvalue weighted by atomic mass is 16.5. The van der Waals surface area contributed by atoms with E-state index in [2.05, 4.69) is 25.3 Å². The molecule has 0 aromatic carbocycles. The van der Waals surface area contributed by atoms with Crippen LogP contribution in [0.25, 0.3) is 0 Å². The minimum atomic E-state index is -0.337. The first kappa shape index (κ1) is 19.7. The van der Waals surface area contributed by atoms with E-state index >= 15 is 0 Å². The van der Waals surface area contributed by atoms with Crippen LogP contribution >= 0.6 is 0 Å². The lowest BCUT2D eigenvalue weighted by Crippen LogP contribution is -2.14. The van der Waals surface area contributed by atoms with Gasteiger partial charge in [-0.1, -0.05) is 0 Å². The Morgan fingerprint density at radius 1 is 1.23 bits per heavy atom. The molecule has 3 aromatic rings. The minimum absolute atomic E-state index is 0.188. The molecule has 0 bridgehead atoms. The summed E-state index contributed by atoms with van der Waals surface area (Å²) >= 11 is 0. The molecule has 30 heavy (non-hydrogen) atoms. The zero-order chi connectivity index (χ0) is 20.8. The van der Waals surface area contributed by atoms with Gasteiger partial charge in [0.1, 0.15) is 11.6 Å². The molecule has 1 aliphatic heterocycles. The molecule has 1 N–H and O–H groups in total. The van der Waals surface area contributed by atoms with Gasteiger partial charge in [-0.25, -0.2) is 15.0 Å². The van der Waals surface area contributed by atoms with Gasteiger partial charge in [-0.3, -0.25) is 9.78 Å². The third-order valence-electron chi connectivity index (χ3n) is 4.45. The Hall–Kier alpha value is -3.59. The number of pyridine rings is 2. The van der Waals surface area contributed by atoms with Crippen molar-refractivity contribution in [1.82, 2.24) is 19.9 Å². The standard InChI is InChI=1S/C21H21N5O4/c1-2-29-18-4-3-6-23-21(18)30-17-8-16(11-22-12-17)26-20(27)15-9-24-19(25-10-15)14-5-7-28-13-14/h3-4,6,8-12,14H,2,5,7,13H2,1H3,(H,26,27)/t14-/m1/s1. The fraction of sp³-hybridized carbons (Fsp3) is 0.286. The summed E-state index contributed by atoms with van der Waals surface area (Å²) in [7, 11) is 0. The zero-order valence-electron chi connectivity index (χ0n) is 16.4. The summed E-state index contributed by atoms with van der Waals surface area (Å²) in [6.45, 7) is 3.70. The van der Waals surface area contributed by atoms with Crippen LogP contribution in [-0.2, 0) is 4.74 Å². The summed E-state index contributed by atoms with van der Waals surface area (Å²) in [5.41, 5.74) is 0.826. The topological polar surface area (TPSA) is 108 Å². The maximum atomic E-state index is 12.5. The van der Waals surface area contributed by atoms with E-state index in [1.807, 2.05) is 6.92 Å². The molecule has 1 saturated heterocycles. The molecule has 4 rings (SSSR count). The van der Waals surface area contributed by atoms with Crippen molar-refractivity contribution >= 4 is 11.6 Å². The molecule has 0 unspecified atom stereocenters. The van der Waals surface area contributed by atoms with Crippen molar-refractivity contribution in [2.75, 3.05) is 25.1 Å². The van der Waals surface area contributed by atoms with Crippen LogP contribution in [0, 0.1) is 0 Å². The number of carbonyl (C=O) groups excluding carboxylic acids is 1. The largest absolute Gasteiger partial charge is 0.488 e. The van der Waals surface area contributed by atoms with Crippen molar-refractivity contribution in [3.8, 4) is 17.4 Å². The number of aromatic nitrogens is 4. The maximum Gasteiger partial charge on any atom is 0.262 e. The molecular formula is C21H21N5O4. The predicted octanol–water partition coefficient (Wildman–Crippen LogP) is 3.21. The van der Waals surface area contributed by atoms with Crippen LogP contribution in [0.4, 0.5) is 5.69 Å². The van der Waals surface area contributed by atoms with Gasteiger partial charge >= 0.3 is 0 Å². The second kappa shape index (κ2) is 9.27. The van der Waals surface area contributed by atoms with Crippen molar-refractivity contribution in [2.24, 2.45) is 0 Å². The number of hydrogen-bond acceptors (Lipinski definition) is 8. The van der Waals surface area contributed by atoms with Crippen molar-refractivity contribution in [3.05, 3.63) is 60.6 Å². The number of nitrogens with one attached hydrogen (secondary N) is 1. The first-order chi connectivity index (χ1) is 14.7. The van der Waals surface area contributed by atoms with Crippen molar-refractivity contribution in [2.45, 2.75) is 19.3 Å². The number of nitrogens with zero attached hydrogens (tertiary/aromatic N) is 4. The Morgan fingerprint density at radius 3 is 2.87 bits per heavy atom. The van der Waals surface area contributed by atoms with Gasteiger partial charge in [0.2, 0.25) is 0 Å². The predicted molar refractivity (Wildman–Crippen MR) is 108 cm³/mol. The lowest BCUT2D eigenvalue weighted by atomic mass is 10.1. The van der Waals surface area contributed by atoms with E-state index in [-0.39, 0.29) is 11.8 Å². The fourth-order valence-electron chi connectivity index (χ4n) is 2.98. The van der Waals surface area contributed by atoms with Crippen molar-refractivity contribution in [1.29, 1.82) is 0 Å². The molecule has 1 atom stereocenters. The van der Waals surface area contributed by atoms with Crippen LogP contribution in [-0.4, -0.2) is 45.7 Å². The second-order valence-electron chi connectivity index (χ2n) is 6.60. The molecule has 4 heterocycles. The molecule has 154 valence electrons. The molecule has 1 aliphatic rings. The molecule has 1 amide bonds. The Bertz CT molecular complexity index is 1010. The number of anilines is 1. The van der Waals surface area contributed by atoms with Crippen LogP contribution in [0.3, 0.4) is 0 Å². The summed E-state index contributed by atoms with van der Waals surface area (Å²) < 4.78 is 16.6. The van der Waals surface area contributed by atoms with Gasteiger partial charge < -0.3 is 19.5 Å². The van der Waals surface area contributed by atoms with E-state index in [0.717, 1.165) is 6.42 Å². The van der Waals surface area contributed by atoms with E-state index in [1.54, 1.807) is 24.4 Å². The van der Waals surface area contributed by atoms with Crippen LogP contribution in [0.1, 0.15) is 35.4 Å². The Morgan fingerprint density at radius 2 is 2.10 bits per heavy atom. The van der Waals surface area contributed by atoms with E-state index in [9.17, 15) is 4.79 Å². The molecule has 0 spiro atoms. The number of rotatable bonds is 7. The summed E-state index contributed by atoms with van der Waals surface area (Å²) in [5.74, 6) is 1.81. The van der Waals surface area contributed by atoms with Crippen LogP contribution in [0.15, 0.2) is 49.2 Å². The Balaban J connectivity index is 1.43. The second-order valence-corrected chi connectivity index (χ2v) is 6.60. The summed E-state index contributed by atoms with van der Waals surface area (Å²) in [6.07, 6.45) is 8.60. The van der Waals surface area contributed by atoms with Gasteiger partial charge in [0.05, 0.1) is 36.9 Å². The van der Waals surface area contributed by atoms with E-state index in [4.69, 9.17) is 14.2 Å². The molecule has 9 nitrogen and oxygen atoms in total. The monoisotopic (exact) mass is 407 g/mol. The number of ether oxygens (including phenoxy) is 3. The normalized spacial score (nSPS) is 15.6. The molecule has 0 saturated carbocycles. The summed E-state index contributed by atoms with van der Waals surface area (Å²) in [4.78, 5) is 29.5. The van der Waals surface area contributed by atoms with Gasteiger partial charge in [0.15, 0.2) is 5.75 Å². The summed E-state index contributed by atoms with van der Waals surface area (Å²) in [6, 6.07) is 5.19. The van der Waals surface area contributed by atoms with Crippen LogP contribution in [0.2, 0.25) is 0 Å². The highest BCUT2D eigenvalue weighted by Crippen LogP contribution is 2.29. The van der Waals surface area contributed by atoms with Crippen molar-refractivity contribution in [3.63, 3.8) is 0 Å². The van der Waals surface area contributed by atoms with E-state index < -0.39 is 0 Å². The SMILES string of the molecule is CCOc1cccnc1Oc1cncc(NC(=O)c2cnc([C@@H]3CCOC3)nc2)c1. The van der Waals surface area contributed by atoms with Crippen LogP contribution in [0.5, 0.6) is 17.4 Å². The number of carbonyl (C=O) groups is 1. The molecule has 0 radical (unpaired) electrons. The molecular weight excluding hydrogens is 386 g/mol. The first-order valence-corrected chi connectivity index (χ1v) is 9.64. The first-order valence-electron chi connectivity index (χ1n) is 9.64. The van der Waals surface area contributed by atoms with Gasteiger partial charge in [-0.15, -0.1) is 0 Å². The van der Waals surface area contributed by atoms with Gasteiger partial charge in [-0.05, 0) is 25.5 Å². The molecule has 9 heteroatoms. The van der Waals surface area contributed by atoms with E-state index in [1.165, 1.54) is 24.8 Å². The van der Waals surface area contributed by atoms with Crippen molar-refractivity contribution < 1.29 is 19.0 Å². The highest BCUT2D eigenvalue weighted by molar-refractivity contribution is 6.03. The molecule has 3 aromatic heterocycles. The lowest BCUT2D eigenvalue weighted by Gasteiger charge is -2.11. The molecule has 1 fully saturated rings. The summed E-state index contributed by atoms with van der Waals surface area (Å²) in [5, 5.41) is 2.78. The quantitative estimate of drug-likeness (QED) is 0.636. The maximum absolute atomic E-state index is 12.5. The third kappa shape index (κ3) is 4.69. The van der Waals surface area contributed by atoms with Gasteiger partial charge in [0, 0.05) is 37.2 Å². The minimum Gasteiger partial charge on any atom is -0.488 e. The highest BCUT2D eigenvalue weighted by Gasteiger charge is 2.20. The number of amides is 1. The van der Waals surface area contributed by atoms with Gasteiger partial charge in [-0.2, -0.15) is 0 Å². The Kier molecular flexibility index (Phi) is 6.09. The zero-order valence-corrected chi connectivity index (χ0v) is 16.4. The molecule has 0 aliphatic carbocycles. The van der Waals surface area contributed by atoms with Crippen LogP contribution < -0.4 is 14.8 Å². The average molecular weight is 407 g/mol. The number of hydrogen-bond donors (Lipinski definition) is 1. The van der Waals surface area contributed by atoms with E-state index in [0.29, 0.717) is 54.3 Å². The Labute approximate surface area is 173 Å². The lowest BCUT2D eigenvalue weighted by molar-refractivity contribution is 0.102. The van der Waals surface area contributed by atoms with Gasteiger partial charge in [0.25, 0.3) is 11.8 Å². The average Bonchev–Trinajstić information content (AvgIpc) is 3.31. The fourth-order valence-corrected chi connectivity index (χ4v) is 2.98.